The Kier molecular flexibility index (Phi) is 4.06. The molecular weight excluding hydrogens is 345 g/mol. The molecule has 0 unspecified atom stereocenters. The molecule has 27 heavy (non-hydrogen) atoms. The number of aromatic nitrogens is 2. The van der Waals surface area contributed by atoms with Crippen LogP contribution in [0, 0.1) is 5.82 Å². The number of benzene rings is 2. The minimum atomic E-state index is -0.629. The van der Waals surface area contributed by atoms with Crippen LogP contribution in [-0.2, 0) is 16.6 Å². The smallest absolute Gasteiger partial charge is 0.250 e. The van der Waals surface area contributed by atoms with Crippen molar-refractivity contribution in [3.8, 4) is 0 Å². The van der Waals surface area contributed by atoms with Crippen molar-refractivity contribution < 1.29 is 13.7 Å². The predicted molar refractivity (Wildman–Crippen MR) is 98.9 cm³/mol. The first-order valence-electron chi connectivity index (χ1n) is 8.86. The van der Waals surface area contributed by atoms with Gasteiger partial charge < -0.3 is 4.52 Å². The quantitative estimate of drug-likeness (QED) is 0.698. The number of anilines is 1. The van der Waals surface area contributed by atoms with Crippen LogP contribution in [0.1, 0.15) is 49.7 Å². The van der Waals surface area contributed by atoms with Crippen LogP contribution in [0.15, 0.2) is 53.1 Å². The zero-order valence-corrected chi connectivity index (χ0v) is 15.4. The summed E-state index contributed by atoms with van der Waals surface area (Å²) >= 11 is 0. The number of hydrogen-bond acceptors (Lipinski definition) is 4. The highest BCUT2D eigenvalue weighted by molar-refractivity contribution is 5.94. The Morgan fingerprint density at radius 2 is 2.00 bits per heavy atom. The van der Waals surface area contributed by atoms with E-state index in [0.717, 1.165) is 16.8 Å². The SMILES string of the molecule is CC(=O)N1c2ccccc2C[C@H]1c1nc(C(C)(C)c2cccc(F)c2)no1. The number of amides is 1. The number of nitrogens with zero attached hydrogens (tertiary/aromatic N) is 3. The molecule has 1 aliphatic rings. The lowest BCUT2D eigenvalue weighted by molar-refractivity contribution is -0.117. The summed E-state index contributed by atoms with van der Waals surface area (Å²) in [4.78, 5) is 18.5. The van der Waals surface area contributed by atoms with Crippen LogP contribution < -0.4 is 4.90 Å². The normalized spacial score (nSPS) is 16.4. The van der Waals surface area contributed by atoms with E-state index in [9.17, 15) is 9.18 Å². The molecule has 1 aromatic heterocycles. The standard InChI is InChI=1S/C21H20FN3O2/c1-13(26)25-17-10-5-4-7-14(17)11-18(25)19-23-20(24-27-19)21(2,3)15-8-6-9-16(22)12-15/h4-10,12,18H,11H2,1-3H3/t18-/m0/s1. The Morgan fingerprint density at radius 1 is 1.22 bits per heavy atom. The van der Waals surface area contributed by atoms with E-state index < -0.39 is 5.41 Å². The van der Waals surface area contributed by atoms with Gasteiger partial charge >= 0.3 is 0 Å². The summed E-state index contributed by atoms with van der Waals surface area (Å²) in [5.41, 5.74) is 2.07. The molecule has 0 aliphatic carbocycles. The number of para-hydroxylation sites is 1. The third-order valence-electron chi connectivity index (χ3n) is 5.15. The van der Waals surface area contributed by atoms with Crippen LogP contribution in [0.5, 0.6) is 0 Å². The van der Waals surface area contributed by atoms with Gasteiger partial charge in [-0.2, -0.15) is 4.98 Å². The van der Waals surface area contributed by atoms with Gasteiger partial charge in [0.25, 0.3) is 0 Å². The van der Waals surface area contributed by atoms with Gasteiger partial charge in [-0.05, 0) is 43.2 Å². The maximum absolute atomic E-state index is 13.6. The first-order valence-corrected chi connectivity index (χ1v) is 8.86. The molecule has 3 aromatic rings. The average Bonchev–Trinajstić information content (AvgIpc) is 3.26. The molecule has 0 saturated carbocycles. The van der Waals surface area contributed by atoms with Gasteiger partial charge in [-0.15, -0.1) is 0 Å². The first-order chi connectivity index (χ1) is 12.9. The van der Waals surface area contributed by atoms with Gasteiger partial charge in [0, 0.05) is 19.0 Å². The summed E-state index contributed by atoms with van der Waals surface area (Å²) in [6, 6.07) is 13.8. The maximum Gasteiger partial charge on any atom is 0.250 e. The molecule has 4 rings (SSSR count). The number of rotatable bonds is 3. The highest BCUT2D eigenvalue weighted by Crippen LogP contribution is 2.40. The Hall–Kier alpha value is -3.02. The van der Waals surface area contributed by atoms with Gasteiger partial charge in [0.15, 0.2) is 5.82 Å². The number of carbonyl (C=O) groups excluding carboxylic acids is 1. The van der Waals surface area contributed by atoms with Crippen LogP contribution in [0.4, 0.5) is 10.1 Å². The van der Waals surface area contributed by atoms with E-state index in [1.54, 1.807) is 11.0 Å². The summed E-state index contributed by atoms with van der Waals surface area (Å²) in [5.74, 6) is 0.468. The Labute approximate surface area is 156 Å². The van der Waals surface area contributed by atoms with Gasteiger partial charge in [-0.1, -0.05) is 35.5 Å². The third-order valence-corrected chi connectivity index (χ3v) is 5.15. The lowest BCUT2D eigenvalue weighted by Gasteiger charge is -2.22. The zero-order valence-electron chi connectivity index (χ0n) is 15.4. The lowest BCUT2D eigenvalue weighted by atomic mass is 9.84. The average molecular weight is 365 g/mol. The van der Waals surface area contributed by atoms with Gasteiger partial charge in [0.05, 0.1) is 5.41 Å². The lowest BCUT2D eigenvalue weighted by Crippen LogP contribution is -2.30. The predicted octanol–water partition coefficient (Wildman–Crippen LogP) is 4.18. The molecule has 0 N–H and O–H groups in total. The second kappa shape index (κ2) is 6.30. The van der Waals surface area contributed by atoms with Gasteiger partial charge in [0.2, 0.25) is 11.8 Å². The fraction of sp³-hybridized carbons (Fsp3) is 0.286. The number of halogens is 1. The summed E-state index contributed by atoms with van der Waals surface area (Å²) in [6.07, 6.45) is 0.623. The van der Waals surface area contributed by atoms with Crippen LogP contribution in [0.3, 0.4) is 0 Å². The van der Waals surface area contributed by atoms with Crippen molar-refractivity contribution in [3.05, 3.63) is 77.2 Å². The molecule has 138 valence electrons. The molecule has 1 aliphatic heterocycles. The van der Waals surface area contributed by atoms with E-state index in [4.69, 9.17) is 4.52 Å². The Morgan fingerprint density at radius 3 is 2.74 bits per heavy atom. The van der Waals surface area contributed by atoms with Crippen molar-refractivity contribution in [2.24, 2.45) is 0 Å². The largest absolute Gasteiger partial charge is 0.337 e. The van der Waals surface area contributed by atoms with E-state index in [1.807, 2.05) is 44.2 Å². The van der Waals surface area contributed by atoms with Crippen molar-refractivity contribution >= 4 is 11.6 Å². The van der Waals surface area contributed by atoms with Crippen molar-refractivity contribution in [3.63, 3.8) is 0 Å². The molecule has 2 heterocycles. The van der Waals surface area contributed by atoms with Crippen molar-refractivity contribution in [1.82, 2.24) is 10.1 Å². The topological polar surface area (TPSA) is 59.2 Å². The van der Waals surface area contributed by atoms with Crippen LogP contribution in [0.2, 0.25) is 0 Å². The van der Waals surface area contributed by atoms with E-state index in [2.05, 4.69) is 10.1 Å². The van der Waals surface area contributed by atoms with E-state index >= 15 is 0 Å². The molecule has 0 fully saturated rings. The van der Waals surface area contributed by atoms with Crippen molar-refractivity contribution in [1.29, 1.82) is 0 Å². The third kappa shape index (κ3) is 2.91. The Bertz CT molecular complexity index is 1010. The van der Waals surface area contributed by atoms with Crippen LogP contribution >= 0.6 is 0 Å². The molecule has 6 heteroatoms. The van der Waals surface area contributed by atoms with Crippen LogP contribution in [-0.4, -0.2) is 16.0 Å². The highest BCUT2D eigenvalue weighted by Gasteiger charge is 2.38. The molecule has 2 aromatic carbocycles. The van der Waals surface area contributed by atoms with Gasteiger partial charge in [-0.25, -0.2) is 4.39 Å². The molecule has 0 radical (unpaired) electrons. The molecule has 1 amide bonds. The molecule has 0 bridgehead atoms. The minimum absolute atomic E-state index is 0.0749. The molecular formula is C21H20FN3O2. The molecule has 0 spiro atoms. The van der Waals surface area contributed by atoms with E-state index in [-0.39, 0.29) is 17.8 Å². The van der Waals surface area contributed by atoms with Crippen molar-refractivity contribution in [2.45, 2.75) is 38.6 Å². The van der Waals surface area contributed by atoms with Gasteiger partial charge in [-0.3, -0.25) is 9.69 Å². The summed E-state index contributed by atoms with van der Waals surface area (Å²) < 4.78 is 19.2. The highest BCUT2D eigenvalue weighted by atomic mass is 19.1. The van der Waals surface area contributed by atoms with Gasteiger partial charge in [0.1, 0.15) is 11.9 Å². The fourth-order valence-corrected chi connectivity index (χ4v) is 3.60. The van der Waals surface area contributed by atoms with E-state index in [1.165, 1.54) is 19.1 Å². The number of fused-ring (bicyclic) bond motifs is 1. The van der Waals surface area contributed by atoms with Crippen LogP contribution in [0.25, 0.3) is 0 Å². The Balaban J connectivity index is 1.70. The maximum atomic E-state index is 13.6. The second-order valence-electron chi connectivity index (χ2n) is 7.33. The summed E-state index contributed by atoms with van der Waals surface area (Å²) in [5, 5.41) is 4.15. The first kappa shape index (κ1) is 17.4. The zero-order chi connectivity index (χ0) is 19.2. The summed E-state index contributed by atoms with van der Waals surface area (Å²) in [7, 11) is 0. The molecule has 1 atom stereocenters. The van der Waals surface area contributed by atoms with Crippen molar-refractivity contribution in [2.75, 3.05) is 4.90 Å². The minimum Gasteiger partial charge on any atom is -0.337 e. The second-order valence-corrected chi connectivity index (χ2v) is 7.33. The summed E-state index contributed by atoms with van der Waals surface area (Å²) in [6.45, 7) is 5.37. The molecule has 0 saturated heterocycles. The number of hydrogen-bond donors (Lipinski definition) is 0. The number of carbonyl (C=O) groups is 1. The van der Waals surface area contributed by atoms with E-state index in [0.29, 0.717) is 18.1 Å². The monoisotopic (exact) mass is 365 g/mol. The molecule has 5 nitrogen and oxygen atoms in total. The fourth-order valence-electron chi connectivity index (χ4n) is 3.60.